The molecule has 8 nitrogen and oxygen atoms in total. The van der Waals surface area contributed by atoms with Crippen molar-refractivity contribution in [2.24, 2.45) is 5.73 Å². The summed E-state index contributed by atoms with van der Waals surface area (Å²) in [5.74, 6) is -1.99. The van der Waals surface area contributed by atoms with Gasteiger partial charge in [-0.15, -0.1) is 11.3 Å². The standard InChI is InChI=1S/C30H24F4N6O2S/c1-15-24(17-5-8-19(9-6-17)38-29(42)39-20-4-2-3-16(11-20)13-35)25-26(43-15)23(14-37-27(25)36)40-28(41)21-12-18(30(32,33)34)7-10-22(21)31/h2-12,14H,13,35H2,1H3,(H2,36,37)(H,40,41)(H2,38,39,42). The van der Waals surface area contributed by atoms with E-state index in [9.17, 15) is 27.2 Å². The number of hydrogen-bond donors (Lipinski definition) is 5. The molecule has 0 radical (unpaired) electrons. The molecule has 0 saturated heterocycles. The van der Waals surface area contributed by atoms with Gasteiger partial charge in [0, 0.05) is 33.7 Å². The van der Waals surface area contributed by atoms with E-state index < -0.39 is 35.1 Å². The fourth-order valence-corrected chi connectivity index (χ4v) is 5.68. The zero-order valence-corrected chi connectivity index (χ0v) is 23.3. The number of aryl methyl sites for hydroxylation is 1. The number of pyridine rings is 1. The molecule has 0 aliphatic rings. The Bertz CT molecular complexity index is 1850. The zero-order chi connectivity index (χ0) is 30.9. The largest absolute Gasteiger partial charge is 0.416 e. The Kier molecular flexibility index (Phi) is 8.02. The third-order valence-corrected chi connectivity index (χ3v) is 7.69. The first-order chi connectivity index (χ1) is 20.4. The lowest BCUT2D eigenvalue weighted by molar-refractivity contribution is -0.137. The highest BCUT2D eigenvalue weighted by Crippen LogP contribution is 2.44. The number of carbonyl (C=O) groups is 2. The summed E-state index contributed by atoms with van der Waals surface area (Å²) in [7, 11) is 0. The molecule has 13 heteroatoms. The second-order valence-corrected chi connectivity index (χ2v) is 10.7. The monoisotopic (exact) mass is 608 g/mol. The molecule has 0 atom stereocenters. The van der Waals surface area contributed by atoms with E-state index in [0.717, 1.165) is 21.6 Å². The zero-order valence-electron chi connectivity index (χ0n) is 22.5. The van der Waals surface area contributed by atoms with Crippen LogP contribution in [0.5, 0.6) is 0 Å². The molecule has 2 heterocycles. The van der Waals surface area contributed by atoms with Gasteiger partial charge in [0.25, 0.3) is 5.91 Å². The van der Waals surface area contributed by atoms with Crippen molar-refractivity contribution >= 4 is 56.2 Å². The fourth-order valence-electron chi connectivity index (χ4n) is 4.53. The van der Waals surface area contributed by atoms with Gasteiger partial charge in [-0.3, -0.25) is 4.79 Å². The topological polar surface area (TPSA) is 135 Å². The van der Waals surface area contributed by atoms with Gasteiger partial charge in [0.15, 0.2) is 0 Å². The second-order valence-electron chi connectivity index (χ2n) is 9.50. The highest BCUT2D eigenvalue weighted by Gasteiger charge is 2.32. The summed E-state index contributed by atoms with van der Waals surface area (Å²) in [6.07, 6.45) is -3.47. The van der Waals surface area contributed by atoms with Crippen molar-refractivity contribution in [3.05, 3.63) is 100 Å². The SMILES string of the molecule is Cc1sc2c(NC(=O)c3cc(C(F)(F)F)ccc3F)cnc(N)c2c1-c1ccc(NC(=O)Nc2cccc(CN)c2)cc1. The number of thiophene rings is 1. The van der Waals surface area contributed by atoms with E-state index in [1.807, 2.05) is 13.0 Å². The summed E-state index contributed by atoms with van der Waals surface area (Å²) in [5.41, 5.74) is 13.6. The molecule has 5 aromatic rings. The van der Waals surface area contributed by atoms with E-state index in [1.54, 1.807) is 42.5 Å². The molecular weight excluding hydrogens is 584 g/mol. The molecule has 0 unspecified atom stereocenters. The maximum absolute atomic E-state index is 14.3. The van der Waals surface area contributed by atoms with Crippen molar-refractivity contribution in [3.63, 3.8) is 0 Å². The lowest BCUT2D eigenvalue weighted by Gasteiger charge is -2.12. The first kappa shape index (κ1) is 29.5. The smallest absolute Gasteiger partial charge is 0.383 e. The number of nitrogens with one attached hydrogen (secondary N) is 3. The number of nitrogens with zero attached hydrogens (tertiary/aromatic N) is 1. The number of aromatic nitrogens is 1. The van der Waals surface area contributed by atoms with Crippen molar-refractivity contribution in [1.82, 2.24) is 4.98 Å². The van der Waals surface area contributed by atoms with E-state index in [2.05, 4.69) is 20.9 Å². The van der Waals surface area contributed by atoms with Gasteiger partial charge in [-0.1, -0.05) is 24.3 Å². The number of urea groups is 1. The average molecular weight is 609 g/mol. The number of nitrogens with two attached hydrogens (primary N) is 2. The van der Waals surface area contributed by atoms with Crippen LogP contribution >= 0.6 is 11.3 Å². The Morgan fingerprint density at radius 3 is 2.37 bits per heavy atom. The highest BCUT2D eigenvalue weighted by atomic mass is 32.1. The maximum atomic E-state index is 14.3. The number of fused-ring (bicyclic) bond motifs is 1. The molecule has 0 aliphatic carbocycles. The molecule has 0 spiro atoms. The normalized spacial score (nSPS) is 11.4. The lowest BCUT2D eigenvalue weighted by atomic mass is 10.0. The van der Waals surface area contributed by atoms with Crippen LogP contribution in [0.15, 0.2) is 72.9 Å². The Hall–Kier alpha value is -5.01. The Labute approximate surface area is 246 Å². The number of hydrogen-bond acceptors (Lipinski definition) is 6. The molecule has 0 aliphatic heterocycles. The third kappa shape index (κ3) is 6.27. The quantitative estimate of drug-likeness (QED) is 0.128. The molecule has 3 amide bonds. The van der Waals surface area contributed by atoms with Crippen molar-refractivity contribution < 1.29 is 27.2 Å². The van der Waals surface area contributed by atoms with Crippen LogP contribution in [0, 0.1) is 12.7 Å². The van der Waals surface area contributed by atoms with E-state index in [4.69, 9.17) is 11.5 Å². The van der Waals surface area contributed by atoms with E-state index in [0.29, 0.717) is 46.2 Å². The molecule has 43 heavy (non-hydrogen) atoms. The number of rotatable bonds is 6. The summed E-state index contributed by atoms with van der Waals surface area (Å²) in [6.45, 7) is 2.18. The van der Waals surface area contributed by atoms with Crippen LogP contribution in [0.2, 0.25) is 0 Å². The molecular formula is C30H24F4N6O2S. The van der Waals surface area contributed by atoms with Gasteiger partial charge in [-0.05, 0) is 60.5 Å². The minimum Gasteiger partial charge on any atom is -0.383 e. The summed E-state index contributed by atoms with van der Waals surface area (Å²) >= 11 is 1.29. The van der Waals surface area contributed by atoms with Gasteiger partial charge in [-0.25, -0.2) is 14.2 Å². The van der Waals surface area contributed by atoms with Crippen molar-refractivity contribution in [2.45, 2.75) is 19.6 Å². The molecule has 7 N–H and O–H groups in total. The fraction of sp³-hybridized carbons (Fsp3) is 0.100. The van der Waals surface area contributed by atoms with Crippen molar-refractivity contribution in [1.29, 1.82) is 0 Å². The minimum absolute atomic E-state index is 0.166. The lowest BCUT2D eigenvalue weighted by Crippen LogP contribution is -2.19. The molecule has 0 fully saturated rings. The number of nitrogen functional groups attached to an aromatic ring is 1. The number of amides is 3. The predicted octanol–water partition coefficient (Wildman–Crippen LogP) is 7.37. The van der Waals surface area contributed by atoms with Crippen LogP contribution in [0.3, 0.4) is 0 Å². The molecule has 0 saturated carbocycles. The minimum atomic E-state index is -4.75. The average Bonchev–Trinajstić information content (AvgIpc) is 3.32. The predicted molar refractivity (Wildman–Crippen MR) is 161 cm³/mol. The van der Waals surface area contributed by atoms with Gasteiger partial charge in [-0.2, -0.15) is 13.2 Å². The Morgan fingerprint density at radius 2 is 1.67 bits per heavy atom. The second kappa shape index (κ2) is 11.7. The van der Waals surface area contributed by atoms with Gasteiger partial charge < -0.3 is 27.4 Å². The first-order valence-electron chi connectivity index (χ1n) is 12.8. The van der Waals surface area contributed by atoms with Crippen LogP contribution in [0.25, 0.3) is 21.2 Å². The van der Waals surface area contributed by atoms with Crippen LogP contribution < -0.4 is 27.4 Å². The van der Waals surface area contributed by atoms with E-state index in [-0.39, 0.29) is 11.5 Å². The van der Waals surface area contributed by atoms with Crippen LogP contribution in [-0.4, -0.2) is 16.9 Å². The number of anilines is 4. The summed E-state index contributed by atoms with van der Waals surface area (Å²) < 4.78 is 54.3. The highest BCUT2D eigenvalue weighted by molar-refractivity contribution is 7.20. The van der Waals surface area contributed by atoms with E-state index in [1.165, 1.54) is 17.5 Å². The Morgan fingerprint density at radius 1 is 0.953 bits per heavy atom. The third-order valence-electron chi connectivity index (χ3n) is 6.56. The molecule has 220 valence electrons. The summed E-state index contributed by atoms with van der Waals surface area (Å²) in [5, 5.41) is 8.52. The van der Waals surface area contributed by atoms with Crippen molar-refractivity contribution in [3.8, 4) is 11.1 Å². The molecule has 3 aromatic carbocycles. The van der Waals surface area contributed by atoms with Crippen molar-refractivity contribution in [2.75, 3.05) is 21.7 Å². The van der Waals surface area contributed by atoms with Gasteiger partial charge in [0.2, 0.25) is 0 Å². The van der Waals surface area contributed by atoms with Gasteiger partial charge in [0.1, 0.15) is 11.6 Å². The van der Waals surface area contributed by atoms with Crippen LogP contribution in [0.1, 0.15) is 26.4 Å². The summed E-state index contributed by atoms with van der Waals surface area (Å²) in [4.78, 5) is 30.3. The van der Waals surface area contributed by atoms with Crippen LogP contribution in [0.4, 0.5) is 45.2 Å². The molecule has 5 rings (SSSR count). The summed E-state index contributed by atoms with van der Waals surface area (Å²) in [6, 6.07) is 15.3. The number of alkyl halides is 3. The van der Waals surface area contributed by atoms with Gasteiger partial charge >= 0.3 is 12.2 Å². The number of carbonyl (C=O) groups excluding carboxylic acids is 2. The first-order valence-corrected chi connectivity index (χ1v) is 13.6. The van der Waals surface area contributed by atoms with Crippen LogP contribution in [-0.2, 0) is 12.7 Å². The molecule has 0 bridgehead atoms. The van der Waals surface area contributed by atoms with E-state index >= 15 is 0 Å². The van der Waals surface area contributed by atoms with Gasteiger partial charge in [0.05, 0.1) is 27.7 Å². The maximum Gasteiger partial charge on any atom is 0.416 e. The Balaban J connectivity index is 1.39. The molecule has 2 aromatic heterocycles. The number of benzene rings is 3. The number of halogens is 4.